The van der Waals surface area contributed by atoms with Gasteiger partial charge < -0.3 is 5.32 Å². The van der Waals surface area contributed by atoms with E-state index in [1.807, 2.05) is 36.9 Å². The van der Waals surface area contributed by atoms with Crippen molar-refractivity contribution in [2.45, 2.75) is 18.7 Å². The number of carbonyl (C=O) groups is 1. The van der Waals surface area contributed by atoms with Crippen molar-refractivity contribution in [2.24, 2.45) is 0 Å². The van der Waals surface area contributed by atoms with Gasteiger partial charge in [0.05, 0.1) is 18.3 Å². The van der Waals surface area contributed by atoms with Crippen molar-refractivity contribution in [3.05, 3.63) is 47.5 Å². The largest absolute Gasteiger partial charge is 0.325 e. The lowest BCUT2D eigenvalue weighted by Crippen LogP contribution is -2.50. The maximum absolute atomic E-state index is 13.1. The molecule has 1 aliphatic heterocycles. The van der Waals surface area contributed by atoms with E-state index in [0.29, 0.717) is 37.2 Å². The third kappa shape index (κ3) is 4.22. The fraction of sp³-hybridized carbons (Fsp3) is 0.350. The van der Waals surface area contributed by atoms with Crippen molar-refractivity contribution in [3.8, 4) is 0 Å². The van der Waals surface area contributed by atoms with Crippen LogP contribution in [0.4, 0.5) is 5.69 Å². The van der Waals surface area contributed by atoms with Gasteiger partial charge in [-0.05, 0) is 37.6 Å². The number of aryl methyl sites for hydroxylation is 2. The van der Waals surface area contributed by atoms with E-state index in [1.165, 1.54) is 4.31 Å². The smallest absolute Gasteiger partial charge is 0.245 e. The van der Waals surface area contributed by atoms with Crippen LogP contribution in [-0.2, 0) is 14.8 Å². The lowest BCUT2D eigenvalue weighted by Gasteiger charge is -2.33. The van der Waals surface area contributed by atoms with Crippen molar-refractivity contribution in [1.82, 2.24) is 18.0 Å². The van der Waals surface area contributed by atoms with Gasteiger partial charge in [0.2, 0.25) is 15.9 Å². The Bertz CT molecular complexity index is 1180. The Morgan fingerprint density at radius 2 is 1.87 bits per heavy atom. The zero-order chi connectivity index (χ0) is 21.3. The number of rotatable bonds is 5. The molecule has 1 aliphatic rings. The Kier molecular flexibility index (Phi) is 5.83. The van der Waals surface area contributed by atoms with Gasteiger partial charge in [-0.25, -0.2) is 8.42 Å². The van der Waals surface area contributed by atoms with E-state index in [9.17, 15) is 13.2 Å². The molecule has 10 heteroatoms. The van der Waals surface area contributed by atoms with E-state index in [0.717, 1.165) is 28.5 Å². The van der Waals surface area contributed by atoms with Crippen LogP contribution in [0.15, 0.2) is 41.3 Å². The van der Waals surface area contributed by atoms with Gasteiger partial charge in [0.15, 0.2) is 0 Å². The second-order valence-electron chi connectivity index (χ2n) is 7.43. The number of amides is 1. The second kappa shape index (κ2) is 8.38. The Morgan fingerprint density at radius 3 is 2.60 bits per heavy atom. The van der Waals surface area contributed by atoms with E-state index in [4.69, 9.17) is 0 Å². The van der Waals surface area contributed by atoms with Crippen LogP contribution in [0, 0.1) is 13.8 Å². The van der Waals surface area contributed by atoms with E-state index >= 15 is 0 Å². The lowest BCUT2D eigenvalue weighted by atomic mass is 10.1. The molecule has 0 unspecified atom stereocenters. The lowest BCUT2D eigenvalue weighted by molar-refractivity contribution is -0.117. The molecule has 2 aromatic carbocycles. The summed E-state index contributed by atoms with van der Waals surface area (Å²) in [6.07, 6.45) is 0. The van der Waals surface area contributed by atoms with Gasteiger partial charge in [0, 0.05) is 31.9 Å². The van der Waals surface area contributed by atoms with Crippen molar-refractivity contribution in [1.29, 1.82) is 0 Å². The van der Waals surface area contributed by atoms with Crippen LogP contribution in [0.25, 0.3) is 11.0 Å². The summed E-state index contributed by atoms with van der Waals surface area (Å²) in [7, 11) is -3.66. The molecule has 8 nitrogen and oxygen atoms in total. The minimum Gasteiger partial charge on any atom is -0.325 e. The van der Waals surface area contributed by atoms with Gasteiger partial charge in [-0.1, -0.05) is 23.8 Å². The highest BCUT2D eigenvalue weighted by Crippen LogP contribution is 2.25. The molecule has 1 saturated heterocycles. The molecule has 0 spiro atoms. The molecule has 1 amide bonds. The molecule has 0 bridgehead atoms. The summed E-state index contributed by atoms with van der Waals surface area (Å²) >= 11 is 1.00. The third-order valence-corrected chi connectivity index (χ3v) is 7.69. The summed E-state index contributed by atoms with van der Waals surface area (Å²) < 4.78 is 35.9. The molecule has 2 heterocycles. The van der Waals surface area contributed by atoms with Gasteiger partial charge in [-0.15, -0.1) is 0 Å². The maximum atomic E-state index is 13.1. The van der Waals surface area contributed by atoms with Crippen LogP contribution in [0.5, 0.6) is 0 Å². The van der Waals surface area contributed by atoms with Crippen LogP contribution in [0.3, 0.4) is 0 Å². The van der Waals surface area contributed by atoms with Gasteiger partial charge in [-0.3, -0.25) is 9.69 Å². The summed E-state index contributed by atoms with van der Waals surface area (Å²) in [6.45, 7) is 5.84. The molecule has 1 N–H and O–H groups in total. The van der Waals surface area contributed by atoms with Crippen LogP contribution >= 0.6 is 11.7 Å². The van der Waals surface area contributed by atoms with Crippen molar-refractivity contribution >= 4 is 44.4 Å². The number of nitrogens with one attached hydrogen (secondary N) is 1. The molecule has 0 radical (unpaired) electrons. The van der Waals surface area contributed by atoms with Crippen LogP contribution in [0.1, 0.15) is 11.1 Å². The molecule has 158 valence electrons. The predicted molar refractivity (Wildman–Crippen MR) is 117 cm³/mol. The monoisotopic (exact) mass is 445 g/mol. The molecular weight excluding hydrogens is 422 g/mol. The highest BCUT2D eigenvalue weighted by Gasteiger charge is 2.31. The Hall–Kier alpha value is -2.40. The van der Waals surface area contributed by atoms with Crippen molar-refractivity contribution in [2.75, 3.05) is 38.0 Å². The first kappa shape index (κ1) is 20.9. The molecule has 1 fully saturated rings. The fourth-order valence-electron chi connectivity index (χ4n) is 3.60. The third-order valence-electron chi connectivity index (χ3n) is 5.22. The van der Waals surface area contributed by atoms with Gasteiger partial charge in [-0.2, -0.15) is 13.1 Å². The maximum Gasteiger partial charge on any atom is 0.245 e. The minimum atomic E-state index is -3.66. The summed E-state index contributed by atoms with van der Waals surface area (Å²) in [5.74, 6) is -0.100. The Morgan fingerprint density at radius 1 is 1.10 bits per heavy atom. The van der Waals surface area contributed by atoms with Gasteiger partial charge in [0.1, 0.15) is 15.9 Å². The zero-order valence-corrected chi connectivity index (χ0v) is 18.5. The van der Waals surface area contributed by atoms with Gasteiger partial charge in [0.25, 0.3) is 0 Å². The average Bonchev–Trinajstić information content (AvgIpc) is 3.19. The van der Waals surface area contributed by atoms with Crippen molar-refractivity contribution in [3.63, 3.8) is 0 Å². The number of sulfonamides is 1. The summed E-state index contributed by atoms with van der Waals surface area (Å²) in [4.78, 5) is 14.6. The second-order valence-corrected chi connectivity index (χ2v) is 9.87. The summed E-state index contributed by atoms with van der Waals surface area (Å²) in [5, 5.41) is 2.94. The quantitative estimate of drug-likeness (QED) is 0.647. The Balaban J connectivity index is 1.37. The number of hydrogen-bond donors (Lipinski definition) is 1. The number of fused-ring (bicyclic) bond motifs is 1. The van der Waals surface area contributed by atoms with Crippen LogP contribution in [-0.4, -0.2) is 65.0 Å². The topological polar surface area (TPSA) is 95.5 Å². The standard InChI is InChI=1S/C20H23N5O3S2/c1-14-6-7-16(15(2)12-14)21-19(26)13-24-8-10-25(11-9-24)30(27,28)18-5-3-4-17-20(18)23-29-22-17/h3-7,12H,8-11,13H2,1-2H3,(H,21,26). The Labute approximate surface area is 179 Å². The number of aromatic nitrogens is 2. The number of nitrogens with zero attached hydrogens (tertiary/aromatic N) is 4. The number of piperazine rings is 1. The molecule has 3 aromatic rings. The molecule has 1 aromatic heterocycles. The van der Waals surface area contributed by atoms with Crippen molar-refractivity contribution < 1.29 is 13.2 Å². The first-order valence-corrected chi connectivity index (χ1v) is 11.8. The highest BCUT2D eigenvalue weighted by atomic mass is 32.2. The first-order chi connectivity index (χ1) is 14.3. The minimum absolute atomic E-state index is 0.100. The normalized spacial score (nSPS) is 16.1. The van der Waals surface area contributed by atoms with E-state index in [-0.39, 0.29) is 17.3 Å². The number of anilines is 1. The molecule has 0 saturated carbocycles. The molecule has 0 aliphatic carbocycles. The SMILES string of the molecule is Cc1ccc(NC(=O)CN2CCN(S(=O)(=O)c3cccc4nsnc34)CC2)c(C)c1. The van der Waals surface area contributed by atoms with Crippen LogP contribution in [0.2, 0.25) is 0 Å². The van der Waals surface area contributed by atoms with E-state index in [2.05, 4.69) is 14.1 Å². The summed E-state index contributed by atoms with van der Waals surface area (Å²) in [6, 6.07) is 10.9. The highest BCUT2D eigenvalue weighted by molar-refractivity contribution is 7.89. The molecule has 4 rings (SSSR count). The van der Waals surface area contributed by atoms with E-state index in [1.54, 1.807) is 18.2 Å². The number of benzene rings is 2. The predicted octanol–water partition coefficient (Wildman–Crippen LogP) is 2.25. The summed E-state index contributed by atoms with van der Waals surface area (Å²) in [5.41, 5.74) is 3.97. The number of hydrogen-bond acceptors (Lipinski definition) is 7. The fourth-order valence-corrected chi connectivity index (χ4v) is 5.78. The van der Waals surface area contributed by atoms with Gasteiger partial charge >= 0.3 is 0 Å². The molecule has 0 atom stereocenters. The first-order valence-electron chi connectivity index (χ1n) is 9.65. The molecule has 30 heavy (non-hydrogen) atoms. The molecular formula is C20H23N5O3S2. The van der Waals surface area contributed by atoms with E-state index < -0.39 is 10.0 Å². The number of carbonyl (C=O) groups excluding carboxylic acids is 1. The zero-order valence-electron chi connectivity index (χ0n) is 16.8. The average molecular weight is 446 g/mol. The van der Waals surface area contributed by atoms with Crippen LogP contribution < -0.4 is 5.32 Å².